The molecule has 0 unspecified atom stereocenters. The number of carboxylic acids is 1. The third-order valence-electron chi connectivity index (χ3n) is 2.10. The van der Waals surface area contributed by atoms with Crippen molar-refractivity contribution in [2.24, 2.45) is 0 Å². The van der Waals surface area contributed by atoms with Crippen molar-refractivity contribution in [1.82, 2.24) is 15.1 Å². The summed E-state index contributed by atoms with van der Waals surface area (Å²) < 4.78 is 0. The van der Waals surface area contributed by atoms with Crippen LogP contribution in [0.4, 0.5) is 0 Å². The van der Waals surface area contributed by atoms with E-state index in [1.54, 1.807) is 4.90 Å². The number of nitrogens with one attached hydrogen (secondary N) is 1. The van der Waals surface area contributed by atoms with Crippen molar-refractivity contribution in [3.63, 3.8) is 0 Å². The molecule has 0 radical (unpaired) electrons. The number of hydrogen-bond acceptors (Lipinski definition) is 4. The summed E-state index contributed by atoms with van der Waals surface area (Å²) in [5.74, 6) is -1.07. The number of likely N-dealkylation sites (N-methyl/N-ethyl adjacent to an activating group) is 1. The largest absolute Gasteiger partial charge is 0.480 e. The lowest BCUT2D eigenvalue weighted by Crippen LogP contribution is -2.48. The minimum atomic E-state index is -0.919. The molecule has 0 aromatic heterocycles. The van der Waals surface area contributed by atoms with Gasteiger partial charge in [0.1, 0.15) is 0 Å². The monoisotopic (exact) mass is 259 g/mol. The van der Waals surface area contributed by atoms with Crippen LogP contribution in [-0.4, -0.2) is 72.6 Å². The molecule has 1 amide bonds. The van der Waals surface area contributed by atoms with Crippen molar-refractivity contribution in [2.75, 3.05) is 40.3 Å². The van der Waals surface area contributed by atoms with Gasteiger partial charge in [0.15, 0.2) is 0 Å². The van der Waals surface area contributed by atoms with Crippen molar-refractivity contribution < 1.29 is 14.7 Å². The molecule has 0 saturated carbocycles. The molecule has 2 N–H and O–H groups in total. The van der Waals surface area contributed by atoms with E-state index in [1.165, 1.54) is 0 Å². The van der Waals surface area contributed by atoms with Crippen molar-refractivity contribution >= 4 is 11.9 Å². The second-order valence-corrected chi connectivity index (χ2v) is 5.71. The third-order valence-corrected chi connectivity index (χ3v) is 2.10. The van der Waals surface area contributed by atoms with Crippen LogP contribution in [0.1, 0.15) is 20.8 Å². The zero-order valence-corrected chi connectivity index (χ0v) is 12.0. The molecular weight excluding hydrogens is 234 g/mol. The third kappa shape index (κ3) is 10.0. The maximum atomic E-state index is 11.7. The summed E-state index contributed by atoms with van der Waals surface area (Å²) in [7, 11) is 3.82. The number of amides is 1. The van der Waals surface area contributed by atoms with E-state index in [9.17, 15) is 9.59 Å². The highest BCUT2D eigenvalue weighted by Crippen LogP contribution is 1.99. The molecule has 6 nitrogen and oxygen atoms in total. The first-order valence-electron chi connectivity index (χ1n) is 6.00. The predicted molar refractivity (Wildman–Crippen MR) is 70.5 cm³/mol. The van der Waals surface area contributed by atoms with Crippen molar-refractivity contribution in [1.29, 1.82) is 0 Å². The average Bonchev–Trinajstić information content (AvgIpc) is 2.09. The van der Waals surface area contributed by atoms with Gasteiger partial charge in [-0.2, -0.15) is 0 Å². The second-order valence-electron chi connectivity index (χ2n) is 5.71. The number of carboxylic acid groups (broad SMARTS) is 1. The van der Waals surface area contributed by atoms with Crippen LogP contribution in [0.25, 0.3) is 0 Å². The summed E-state index contributed by atoms with van der Waals surface area (Å²) in [5, 5.41) is 11.6. The lowest BCUT2D eigenvalue weighted by atomic mass is 10.1. The first kappa shape index (κ1) is 16.9. The number of nitrogens with zero attached hydrogens (tertiary/aromatic N) is 2. The normalized spacial score (nSPS) is 11.9. The molecule has 0 fully saturated rings. The van der Waals surface area contributed by atoms with Gasteiger partial charge in [-0.1, -0.05) is 0 Å². The lowest BCUT2D eigenvalue weighted by Gasteiger charge is -2.25. The van der Waals surface area contributed by atoms with Gasteiger partial charge in [-0.15, -0.1) is 0 Å². The van der Waals surface area contributed by atoms with Gasteiger partial charge >= 0.3 is 5.97 Å². The van der Waals surface area contributed by atoms with Gasteiger partial charge in [0.05, 0.1) is 13.1 Å². The highest BCUT2D eigenvalue weighted by molar-refractivity contribution is 5.79. The van der Waals surface area contributed by atoms with Crippen molar-refractivity contribution in [2.45, 2.75) is 26.3 Å². The Morgan fingerprint density at radius 3 is 2.06 bits per heavy atom. The second kappa shape index (κ2) is 7.33. The highest BCUT2D eigenvalue weighted by Gasteiger charge is 2.18. The standard InChI is InChI=1S/C12H25N3O3/c1-12(2,3)13-10(16)8-15(9-11(17)18)7-6-14(4)5/h6-9H2,1-5H3,(H,13,16)(H,17,18). The lowest BCUT2D eigenvalue weighted by molar-refractivity contribution is -0.138. The Labute approximate surface area is 109 Å². The zero-order valence-electron chi connectivity index (χ0n) is 12.0. The van der Waals surface area contributed by atoms with Gasteiger partial charge in [0.25, 0.3) is 0 Å². The van der Waals surface area contributed by atoms with Gasteiger partial charge in [-0.05, 0) is 34.9 Å². The average molecular weight is 259 g/mol. The molecule has 0 aliphatic heterocycles. The fourth-order valence-corrected chi connectivity index (χ4v) is 1.41. The van der Waals surface area contributed by atoms with Crippen LogP contribution in [0.3, 0.4) is 0 Å². The van der Waals surface area contributed by atoms with E-state index in [-0.39, 0.29) is 24.5 Å². The Morgan fingerprint density at radius 2 is 1.67 bits per heavy atom. The SMILES string of the molecule is CN(C)CCN(CC(=O)O)CC(=O)NC(C)(C)C. The Hall–Kier alpha value is -1.14. The molecule has 0 aliphatic carbocycles. The maximum absolute atomic E-state index is 11.7. The summed E-state index contributed by atoms with van der Waals surface area (Å²) in [4.78, 5) is 26.1. The van der Waals surface area contributed by atoms with E-state index in [0.717, 1.165) is 6.54 Å². The molecule has 18 heavy (non-hydrogen) atoms. The van der Waals surface area contributed by atoms with Crippen LogP contribution >= 0.6 is 0 Å². The Morgan fingerprint density at radius 1 is 1.11 bits per heavy atom. The number of carbonyl (C=O) groups is 2. The van der Waals surface area contributed by atoms with Crippen LogP contribution in [-0.2, 0) is 9.59 Å². The summed E-state index contributed by atoms with van der Waals surface area (Å²) in [5.41, 5.74) is -0.298. The number of aliphatic carboxylic acids is 1. The van der Waals surface area contributed by atoms with Crippen LogP contribution in [0, 0.1) is 0 Å². The Balaban J connectivity index is 4.30. The number of hydrogen-bond donors (Lipinski definition) is 2. The van der Waals surface area contributed by atoms with Gasteiger partial charge in [0.2, 0.25) is 5.91 Å². The molecule has 106 valence electrons. The van der Waals surface area contributed by atoms with Crippen molar-refractivity contribution in [3.05, 3.63) is 0 Å². The Kier molecular flexibility index (Phi) is 6.86. The molecule has 0 atom stereocenters. The summed E-state index contributed by atoms with van der Waals surface area (Å²) in [6.45, 7) is 6.94. The molecule has 6 heteroatoms. The molecule has 0 aromatic rings. The fraction of sp³-hybridized carbons (Fsp3) is 0.833. The Bertz CT molecular complexity index is 285. The minimum Gasteiger partial charge on any atom is -0.480 e. The van der Waals surface area contributed by atoms with Crippen LogP contribution in [0.15, 0.2) is 0 Å². The molecule has 0 spiro atoms. The van der Waals surface area contributed by atoms with Gasteiger partial charge in [0, 0.05) is 18.6 Å². The highest BCUT2D eigenvalue weighted by atomic mass is 16.4. The van der Waals surface area contributed by atoms with Gasteiger partial charge < -0.3 is 15.3 Å². The number of carbonyl (C=O) groups excluding carboxylic acids is 1. The molecule has 0 heterocycles. The smallest absolute Gasteiger partial charge is 0.317 e. The van der Waals surface area contributed by atoms with E-state index in [2.05, 4.69) is 5.32 Å². The molecular formula is C12H25N3O3. The van der Waals surface area contributed by atoms with E-state index >= 15 is 0 Å². The van der Waals surface area contributed by atoms with E-state index in [0.29, 0.717) is 6.54 Å². The van der Waals surface area contributed by atoms with Gasteiger partial charge in [-0.25, -0.2) is 0 Å². The minimum absolute atomic E-state index is 0.109. The molecule has 0 aliphatic rings. The number of rotatable bonds is 7. The summed E-state index contributed by atoms with van der Waals surface area (Å²) >= 11 is 0. The molecule has 0 rings (SSSR count). The van der Waals surface area contributed by atoms with Gasteiger partial charge in [-0.3, -0.25) is 14.5 Å². The van der Waals surface area contributed by atoms with E-state index in [1.807, 2.05) is 39.8 Å². The first-order chi connectivity index (χ1) is 8.10. The first-order valence-corrected chi connectivity index (χ1v) is 6.00. The van der Waals surface area contributed by atoms with Crippen LogP contribution < -0.4 is 5.32 Å². The van der Waals surface area contributed by atoms with Crippen LogP contribution in [0.5, 0.6) is 0 Å². The summed E-state index contributed by atoms with van der Waals surface area (Å²) in [6, 6.07) is 0. The molecule has 0 bridgehead atoms. The predicted octanol–water partition coefficient (Wildman–Crippen LogP) is -0.151. The molecule has 0 saturated heterocycles. The summed E-state index contributed by atoms with van der Waals surface area (Å²) in [6.07, 6.45) is 0. The zero-order chi connectivity index (χ0) is 14.3. The van der Waals surface area contributed by atoms with E-state index in [4.69, 9.17) is 5.11 Å². The maximum Gasteiger partial charge on any atom is 0.317 e. The molecule has 0 aromatic carbocycles. The fourth-order valence-electron chi connectivity index (χ4n) is 1.41. The van der Waals surface area contributed by atoms with Crippen molar-refractivity contribution in [3.8, 4) is 0 Å². The quantitative estimate of drug-likeness (QED) is 0.665. The van der Waals surface area contributed by atoms with E-state index < -0.39 is 5.97 Å². The van der Waals surface area contributed by atoms with Crippen LogP contribution in [0.2, 0.25) is 0 Å². The topological polar surface area (TPSA) is 72.9 Å².